The van der Waals surface area contributed by atoms with Crippen molar-refractivity contribution in [1.29, 1.82) is 0 Å². The number of ether oxygens (including phenoxy) is 2. The van der Waals surface area contributed by atoms with E-state index in [4.69, 9.17) is 9.47 Å². The second-order valence-electron chi connectivity index (χ2n) is 6.37. The van der Waals surface area contributed by atoms with E-state index in [1.54, 1.807) is 12.1 Å². The predicted octanol–water partition coefficient (Wildman–Crippen LogP) is 2.30. The molecule has 1 fully saturated rings. The number of nitrogens with zero attached hydrogens (tertiary/aromatic N) is 2. The minimum absolute atomic E-state index is 0.0955. The largest absolute Gasteiger partial charge is 0.492 e. The number of sulfonamides is 1. The van der Waals surface area contributed by atoms with E-state index in [0.717, 1.165) is 12.4 Å². The van der Waals surface area contributed by atoms with Gasteiger partial charge in [-0.1, -0.05) is 18.2 Å². The van der Waals surface area contributed by atoms with Crippen LogP contribution >= 0.6 is 0 Å². The lowest BCUT2D eigenvalue weighted by Gasteiger charge is -2.28. The Labute approximate surface area is 158 Å². The van der Waals surface area contributed by atoms with Crippen molar-refractivity contribution in [3.63, 3.8) is 0 Å². The van der Waals surface area contributed by atoms with E-state index < -0.39 is 15.8 Å². The van der Waals surface area contributed by atoms with Crippen LogP contribution in [0, 0.1) is 5.82 Å². The zero-order valence-electron chi connectivity index (χ0n) is 14.8. The maximum absolute atomic E-state index is 12.8. The molecule has 2 aromatic rings. The molecule has 1 aromatic carbocycles. The number of nitrogens with one attached hydrogen (secondary N) is 1. The zero-order valence-corrected chi connectivity index (χ0v) is 15.6. The van der Waals surface area contributed by atoms with Gasteiger partial charge in [-0.15, -0.1) is 0 Å². The van der Waals surface area contributed by atoms with E-state index in [9.17, 15) is 12.8 Å². The van der Waals surface area contributed by atoms with Crippen LogP contribution in [0.15, 0.2) is 42.7 Å². The van der Waals surface area contributed by atoms with Crippen LogP contribution in [0.1, 0.15) is 25.7 Å². The molecule has 0 aliphatic heterocycles. The van der Waals surface area contributed by atoms with Crippen molar-refractivity contribution in [2.75, 3.05) is 12.4 Å². The molecule has 9 heteroatoms. The number of aromatic nitrogens is 2. The van der Waals surface area contributed by atoms with Crippen LogP contribution in [-0.2, 0) is 10.0 Å². The molecule has 3 rings (SSSR count). The van der Waals surface area contributed by atoms with E-state index in [1.165, 1.54) is 0 Å². The average molecular weight is 395 g/mol. The fourth-order valence-electron chi connectivity index (χ4n) is 2.91. The summed E-state index contributed by atoms with van der Waals surface area (Å²) in [6.45, 7) is 0.0969. The fourth-order valence-corrected chi connectivity index (χ4v) is 4.07. The van der Waals surface area contributed by atoms with Gasteiger partial charge in [-0.25, -0.2) is 27.5 Å². The molecule has 1 heterocycles. The van der Waals surface area contributed by atoms with Gasteiger partial charge in [0.2, 0.25) is 10.0 Å². The van der Waals surface area contributed by atoms with Crippen LogP contribution in [0.2, 0.25) is 0 Å². The number of halogens is 1. The molecule has 0 atom stereocenters. The minimum atomic E-state index is -3.41. The first kappa shape index (κ1) is 19.5. The highest BCUT2D eigenvalue weighted by atomic mass is 32.2. The lowest BCUT2D eigenvalue weighted by atomic mass is 9.94. The van der Waals surface area contributed by atoms with Gasteiger partial charge in [0.1, 0.15) is 18.5 Å². The average Bonchev–Trinajstić information content (AvgIpc) is 2.66. The number of rotatable bonds is 8. The van der Waals surface area contributed by atoms with E-state index in [0.29, 0.717) is 31.4 Å². The van der Waals surface area contributed by atoms with Crippen molar-refractivity contribution in [2.24, 2.45) is 0 Å². The van der Waals surface area contributed by atoms with Gasteiger partial charge in [0.25, 0.3) is 0 Å². The highest BCUT2D eigenvalue weighted by Gasteiger charge is 2.26. The third-order valence-electron chi connectivity index (χ3n) is 4.25. The summed E-state index contributed by atoms with van der Waals surface area (Å²) < 4.78 is 51.0. The molecule has 0 spiro atoms. The summed E-state index contributed by atoms with van der Waals surface area (Å²) in [6, 6.07) is 9.12. The second kappa shape index (κ2) is 9.09. The maximum atomic E-state index is 12.8. The molecule has 1 aliphatic carbocycles. The number of hydrogen-bond donors (Lipinski definition) is 1. The summed E-state index contributed by atoms with van der Waals surface area (Å²) >= 11 is 0. The summed E-state index contributed by atoms with van der Waals surface area (Å²) in [7, 11) is -3.41. The van der Waals surface area contributed by atoms with Gasteiger partial charge in [-0.2, -0.15) is 0 Å². The molecule has 1 saturated carbocycles. The quantitative estimate of drug-likeness (QED) is 0.738. The Morgan fingerprint density at radius 2 is 1.74 bits per heavy atom. The number of hydrogen-bond acceptors (Lipinski definition) is 6. The zero-order chi connectivity index (χ0) is 19.1. The summed E-state index contributed by atoms with van der Waals surface area (Å²) in [5, 5.41) is 0. The molecule has 146 valence electrons. The Bertz CT molecular complexity index is 810. The SMILES string of the molecule is O=S(=O)(CCOc1ccccc1)NC1CCC(Oc2ncc(F)cn2)CC1. The van der Waals surface area contributed by atoms with Crippen LogP contribution in [0.25, 0.3) is 0 Å². The third-order valence-corrected chi connectivity index (χ3v) is 5.65. The first-order valence-electron chi connectivity index (χ1n) is 8.82. The topological polar surface area (TPSA) is 90.4 Å². The van der Waals surface area contributed by atoms with E-state index >= 15 is 0 Å². The Kier molecular flexibility index (Phi) is 6.57. The van der Waals surface area contributed by atoms with Crippen LogP contribution in [0.4, 0.5) is 4.39 Å². The van der Waals surface area contributed by atoms with Crippen LogP contribution in [-0.4, -0.2) is 42.9 Å². The molecule has 0 saturated heterocycles. The molecule has 27 heavy (non-hydrogen) atoms. The number of benzene rings is 1. The van der Waals surface area contributed by atoms with Gasteiger partial charge in [-0.3, -0.25) is 0 Å². The summed E-state index contributed by atoms with van der Waals surface area (Å²) in [5.74, 6) is 0.0342. The molecule has 1 aliphatic rings. The summed E-state index contributed by atoms with van der Waals surface area (Å²) in [5.41, 5.74) is 0. The van der Waals surface area contributed by atoms with Crippen molar-refractivity contribution in [2.45, 2.75) is 37.8 Å². The molecule has 0 amide bonds. The Hall–Kier alpha value is -2.26. The number of para-hydroxylation sites is 1. The molecular formula is C18H22FN3O4S. The van der Waals surface area contributed by atoms with E-state index in [2.05, 4.69) is 14.7 Å². The van der Waals surface area contributed by atoms with Crippen LogP contribution in [0.5, 0.6) is 11.8 Å². The van der Waals surface area contributed by atoms with Gasteiger partial charge < -0.3 is 9.47 Å². The lowest BCUT2D eigenvalue weighted by Crippen LogP contribution is -2.41. The smallest absolute Gasteiger partial charge is 0.316 e. The van der Waals surface area contributed by atoms with Gasteiger partial charge in [0, 0.05) is 6.04 Å². The molecule has 0 radical (unpaired) electrons. The van der Waals surface area contributed by atoms with E-state index in [-0.39, 0.29) is 30.5 Å². The van der Waals surface area contributed by atoms with Gasteiger partial charge in [0.15, 0.2) is 5.82 Å². The van der Waals surface area contributed by atoms with Crippen molar-refractivity contribution in [1.82, 2.24) is 14.7 Å². The first-order chi connectivity index (χ1) is 13.0. The van der Waals surface area contributed by atoms with Gasteiger partial charge in [-0.05, 0) is 37.8 Å². The highest BCUT2D eigenvalue weighted by Crippen LogP contribution is 2.22. The molecular weight excluding hydrogens is 373 g/mol. The lowest BCUT2D eigenvalue weighted by molar-refractivity contribution is 0.131. The molecule has 1 aromatic heterocycles. The second-order valence-corrected chi connectivity index (χ2v) is 8.25. The molecule has 1 N–H and O–H groups in total. The Morgan fingerprint density at radius 1 is 1.07 bits per heavy atom. The normalized spacial score (nSPS) is 20.2. The molecule has 0 bridgehead atoms. The summed E-state index contributed by atoms with van der Waals surface area (Å²) in [6.07, 6.45) is 4.68. The van der Waals surface area contributed by atoms with Crippen molar-refractivity contribution in [3.05, 3.63) is 48.5 Å². The van der Waals surface area contributed by atoms with Gasteiger partial charge in [0.05, 0.1) is 18.1 Å². The van der Waals surface area contributed by atoms with E-state index in [1.807, 2.05) is 18.2 Å². The fraction of sp³-hybridized carbons (Fsp3) is 0.444. The minimum Gasteiger partial charge on any atom is -0.492 e. The predicted molar refractivity (Wildman–Crippen MR) is 97.5 cm³/mol. The maximum Gasteiger partial charge on any atom is 0.316 e. The highest BCUT2D eigenvalue weighted by molar-refractivity contribution is 7.89. The first-order valence-corrected chi connectivity index (χ1v) is 10.5. The monoisotopic (exact) mass is 395 g/mol. The van der Waals surface area contributed by atoms with Crippen molar-refractivity contribution >= 4 is 10.0 Å². The van der Waals surface area contributed by atoms with Crippen molar-refractivity contribution in [3.8, 4) is 11.8 Å². The van der Waals surface area contributed by atoms with Crippen LogP contribution in [0.3, 0.4) is 0 Å². The Morgan fingerprint density at radius 3 is 2.41 bits per heavy atom. The Balaban J connectivity index is 1.39. The van der Waals surface area contributed by atoms with Crippen molar-refractivity contribution < 1.29 is 22.3 Å². The summed E-state index contributed by atoms with van der Waals surface area (Å²) in [4.78, 5) is 7.55. The molecule has 7 nitrogen and oxygen atoms in total. The van der Waals surface area contributed by atoms with Crippen LogP contribution < -0.4 is 14.2 Å². The third kappa shape index (κ3) is 6.44. The van der Waals surface area contributed by atoms with Gasteiger partial charge >= 0.3 is 6.01 Å². The standard InChI is InChI=1S/C18H22FN3O4S/c19-14-12-20-18(21-13-14)26-17-8-6-15(7-9-17)22-27(23,24)11-10-25-16-4-2-1-3-5-16/h1-5,12-13,15,17,22H,6-11H2. The molecule has 0 unspecified atom stereocenters.